The molecule has 2 N–H and O–H groups in total. The third-order valence-corrected chi connectivity index (χ3v) is 4.81. The van der Waals surface area contributed by atoms with Crippen LogP contribution in [-0.2, 0) is 6.54 Å². The fraction of sp³-hybridized carbons (Fsp3) is 0.250. The van der Waals surface area contributed by atoms with Gasteiger partial charge in [0.2, 0.25) is 0 Å². The molecule has 0 spiro atoms. The second-order valence-electron chi connectivity index (χ2n) is 6.58. The molecule has 0 fully saturated rings. The summed E-state index contributed by atoms with van der Waals surface area (Å²) in [7, 11) is 0. The number of fused-ring (bicyclic) bond motifs is 1. The third kappa shape index (κ3) is 4.43. The maximum Gasteiger partial charge on any atom is 0.315 e. The number of hydrogen-bond acceptors (Lipinski definition) is 5. The van der Waals surface area contributed by atoms with Crippen molar-refractivity contribution in [2.45, 2.75) is 19.5 Å². The summed E-state index contributed by atoms with van der Waals surface area (Å²) in [6.07, 6.45) is 3.12. The van der Waals surface area contributed by atoms with Crippen LogP contribution in [0.5, 0.6) is 11.5 Å². The van der Waals surface area contributed by atoms with Gasteiger partial charge in [-0.15, -0.1) is 0 Å². The molecule has 0 bridgehead atoms. The summed E-state index contributed by atoms with van der Waals surface area (Å²) in [6.45, 7) is 3.20. The number of halogens is 1. The highest BCUT2D eigenvalue weighted by Gasteiger charge is 2.17. The Labute approximate surface area is 172 Å². The van der Waals surface area contributed by atoms with Crippen LogP contribution in [0, 0.1) is 0 Å². The molecular weight excluding hydrogens is 394 g/mol. The molecule has 1 aliphatic rings. The molecule has 0 radical (unpaired) electrons. The van der Waals surface area contributed by atoms with Crippen molar-refractivity contribution in [3.63, 3.8) is 0 Å². The van der Waals surface area contributed by atoms with Gasteiger partial charge in [0.25, 0.3) is 0 Å². The molecule has 1 atom stereocenters. The van der Waals surface area contributed by atoms with Gasteiger partial charge in [-0.05, 0) is 42.3 Å². The van der Waals surface area contributed by atoms with Gasteiger partial charge in [0.1, 0.15) is 25.9 Å². The van der Waals surface area contributed by atoms with Crippen molar-refractivity contribution in [3.8, 4) is 17.2 Å². The molecule has 8 nitrogen and oxygen atoms in total. The molecule has 1 aromatic heterocycles. The van der Waals surface area contributed by atoms with Gasteiger partial charge in [0.15, 0.2) is 11.5 Å². The first-order valence-corrected chi connectivity index (χ1v) is 9.55. The number of carbonyl (C=O) groups excluding carboxylic acids is 1. The summed E-state index contributed by atoms with van der Waals surface area (Å²) in [5, 5.41) is 10.3. The average molecular weight is 414 g/mol. The van der Waals surface area contributed by atoms with Crippen molar-refractivity contribution in [3.05, 3.63) is 65.2 Å². The summed E-state index contributed by atoms with van der Waals surface area (Å²) in [5.74, 6) is 1.15. The Bertz CT molecular complexity index is 992. The van der Waals surface area contributed by atoms with Gasteiger partial charge >= 0.3 is 6.03 Å². The van der Waals surface area contributed by atoms with Crippen LogP contribution >= 0.6 is 11.6 Å². The second-order valence-corrected chi connectivity index (χ2v) is 6.99. The lowest BCUT2D eigenvalue weighted by Gasteiger charge is -2.20. The summed E-state index contributed by atoms with van der Waals surface area (Å²) >= 11 is 6.23. The Kier molecular flexibility index (Phi) is 5.53. The number of rotatable bonds is 5. The van der Waals surface area contributed by atoms with Crippen LogP contribution in [0.4, 0.5) is 4.79 Å². The SMILES string of the molecule is CC(NC(=O)NCc1cc(Cl)c2c(c1)OCCO2)c1ccc(-n2cncn2)cc1. The van der Waals surface area contributed by atoms with Gasteiger partial charge < -0.3 is 20.1 Å². The Balaban J connectivity index is 1.33. The number of aromatic nitrogens is 3. The molecule has 150 valence electrons. The van der Waals surface area contributed by atoms with Crippen molar-refractivity contribution in [2.75, 3.05) is 13.2 Å². The number of benzene rings is 2. The monoisotopic (exact) mass is 413 g/mol. The van der Waals surface area contributed by atoms with Crippen molar-refractivity contribution in [1.82, 2.24) is 25.4 Å². The fourth-order valence-electron chi connectivity index (χ4n) is 3.04. The van der Waals surface area contributed by atoms with Gasteiger partial charge in [0.05, 0.1) is 16.8 Å². The predicted octanol–water partition coefficient (Wildman–Crippen LogP) is 3.25. The zero-order valence-electron chi connectivity index (χ0n) is 15.8. The number of ether oxygens (including phenoxy) is 2. The molecule has 0 saturated carbocycles. The van der Waals surface area contributed by atoms with Gasteiger partial charge in [0, 0.05) is 6.54 Å². The molecule has 1 aliphatic heterocycles. The highest BCUT2D eigenvalue weighted by molar-refractivity contribution is 6.32. The quantitative estimate of drug-likeness (QED) is 0.670. The van der Waals surface area contributed by atoms with E-state index in [9.17, 15) is 4.79 Å². The Morgan fingerprint density at radius 3 is 2.79 bits per heavy atom. The zero-order valence-corrected chi connectivity index (χ0v) is 16.5. The Morgan fingerprint density at radius 2 is 2.03 bits per heavy atom. The minimum atomic E-state index is -0.274. The Hall–Kier alpha value is -3.26. The van der Waals surface area contributed by atoms with E-state index in [1.807, 2.05) is 37.3 Å². The third-order valence-electron chi connectivity index (χ3n) is 4.53. The molecule has 9 heteroatoms. The standard InChI is InChI=1S/C20H20ClN5O3/c1-13(15-2-4-16(5-3-15)26-12-22-11-24-26)25-20(27)23-10-14-8-17(21)19-18(9-14)28-6-7-29-19/h2-5,8-9,11-13H,6-7,10H2,1H3,(H2,23,25,27). The Morgan fingerprint density at radius 1 is 1.24 bits per heavy atom. The van der Waals surface area contributed by atoms with Crippen LogP contribution in [0.25, 0.3) is 5.69 Å². The minimum Gasteiger partial charge on any atom is -0.486 e. The highest BCUT2D eigenvalue weighted by Crippen LogP contribution is 2.38. The molecule has 2 aromatic carbocycles. The number of nitrogens with zero attached hydrogens (tertiary/aromatic N) is 3. The van der Waals surface area contributed by atoms with Gasteiger partial charge in [-0.1, -0.05) is 23.7 Å². The van der Waals surface area contributed by atoms with E-state index >= 15 is 0 Å². The highest BCUT2D eigenvalue weighted by atomic mass is 35.5. The van der Waals surface area contributed by atoms with Crippen LogP contribution < -0.4 is 20.1 Å². The number of carbonyl (C=O) groups is 1. The molecular formula is C20H20ClN5O3. The summed E-state index contributed by atoms with van der Waals surface area (Å²) in [6, 6.07) is 10.9. The van der Waals surface area contributed by atoms with Crippen LogP contribution in [-0.4, -0.2) is 34.0 Å². The van der Waals surface area contributed by atoms with E-state index in [1.165, 1.54) is 6.33 Å². The van der Waals surface area contributed by atoms with Crippen LogP contribution in [0.2, 0.25) is 5.02 Å². The summed E-state index contributed by atoms with van der Waals surface area (Å²) in [4.78, 5) is 16.2. The minimum absolute atomic E-state index is 0.163. The van der Waals surface area contributed by atoms with Crippen molar-refractivity contribution >= 4 is 17.6 Å². The van der Waals surface area contributed by atoms with Crippen LogP contribution in [0.1, 0.15) is 24.1 Å². The molecule has 4 rings (SSSR count). The molecule has 2 amide bonds. The molecule has 3 aromatic rings. The first kappa shape index (κ1) is 19.1. The number of urea groups is 1. The normalized spacial score (nSPS) is 13.6. The van der Waals surface area contributed by atoms with Crippen molar-refractivity contribution in [1.29, 1.82) is 0 Å². The van der Waals surface area contributed by atoms with Crippen LogP contribution in [0.15, 0.2) is 49.1 Å². The average Bonchev–Trinajstić information content (AvgIpc) is 3.27. The largest absolute Gasteiger partial charge is 0.486 e. The van der Waals surface area contributed by atoms with E-state index in [0.29, 0.717) is 36.3 Å². The summed E-state index contributed by atoms with van der Waals surface area (Å²) in [5.41, 5.74) is 2.71. The maximum absolute atomic E-state index is 12.3. The summed E-state index contributed by atoms with van der Waals surface area (Å²) < 4.78 is 12.7. The predicted molar refractivity (Wildman–Crippen MR) is 108 cm³/mol. The first-order chi connectivity index (χ1) is 14.1. The first-order valence-electron chi connectivity index (χ1n) is 9.17. The van der Waals surface area contributed by atoms with Gasteiger partial charge in [-0.2, -0.15) is 5.10 Å². The van der Waals surface area contributed by atoms with Gasteiger partial charge in [-0.3, -0.25) is 0 Å². The molecule has 2 heterocycles. The molecule has 0 saturated heterocycles. The smallest absolute Gasteiger partial charge is 0.315 e. The van der Waals surface area contributed by atoms with E-state index in [0.717, 1.165) is 16.8 Å². The van der Waals surface area contributed by atoms with E-state index in [4.69, 9.17) is 21.1 Å². The molecule has 0 aliphatic carbocycles. The molecule has 1 unspecified atom stereocenters. The lowest BCUT2D eigenvalue weighted by molar-refractivity contribution is 0.171. The van der Waals surface area contributed by atoms with Crippen molar-refractivity contribution in [2.24, 2.45) is 0 Å². The fourth-order valence-corrected chi connectivity index (χ4v) is 3.32. The number of nitrogens with one attached hydrogen (secondary N) is 2. The van der Waals surface area contributed by atoms with E-state index in [-0.39, 0.29) is 12.1 Å². The molecule has 29 heavy (non-hydrogen) atoms. The van der Waals surface area contributed by atoms with Gasteiger partial charge in [-0.25, -0.2) is 14.5 Å². The lowest BCUT2D eigenvalue weighted by Crippen LogP contribution is -2.36. The topological polar surface area (TPSA) is 90.3 Å². The van der Waals surface area contributed by atoms with Crippen LogP contribution in [0.3, 0.4) is 0 Å². The second kappa shape index (κ2) is 8.40. The lowest BCUT2D eigenvalue weighted by atomic mass is 10.1. The zero-order chi connectivity index (χ0) is 20.2. The number of hydrogen-bond donors (Lipinski definition) is 2. The van der Waals surface area contributed by atoms with E-state index < -0.39 is 0 Å². The van der Waals surface area contributed by atoms with E-state index in [1.54, 1.807) is 17.1 Å². The maximum atomic E-state index is 12.3. The van der Waals surface area contributed by atoms with E-state index in [2.05, 4.69) is 20.7 Å². The van der Waals surface area contributed by atoms with Crippen molar-refractivity contribution < 1.29 is 14.3 Å². The number of amides is 2.